The number of ether oxygens (including phenoxy) is 1. The smallest absolute Gasteiger partial charge is 0.244 e. The summed E-state index contributed by atoms with van der Waals surface area (Å²) in [6.45, 7) is 10.2. The van der Waals surface area contributed by atoms with Gasteiger partial charge >= 0.3 is 0 Å². The van der Waals surface area contributed by atoms with Crippen molar-refractivity contribution in [3.8, 4) is 0 Å². The molecule has 1 aromatic rings. The first-order valence-corrected chi connectivity index (χ1v) is 8.68. The third kappa shape index (κ3) is 5.74. The molecular weight excluding hydrogens is 292 g/mol. The monoisotopic (exact) mass is 318 g/mol. The molecule has 1 aromatic heterocycles. The Morgan fingerprint density at radius 1 is 1.38 bits per heavy atom. The fourth-order valence-corrected chi connectivity index (χ4v) is 3.20. The average molecular weight is 318 g/mol. The molecule has 0 spiro atoms. The van der Waals surface area contributed by atoms with Gasteiger partial charge in [-0.1, -0.05) is 20.8 Å². The third-order valence-electron chi connectivity index (χ3n) is 2.76. The van der Waals surface area contributed by atoms with Crippen LogP contribution in [0.4, 0.5) is 0 Å². The van der Waals surface area contributed by atoms with E-state index in [0.29, 0.717) is 37.1 Å². The maximum absolute atomic E-state index is 12.3. The molecule has 0 radical (unpaired) electrons. The van der Waals surface area contributed by atoms with Crippen molar-refractivity contribution in [2.45, 2.75) is 39.1 Å². The van der Waals surface area contributed by atoms with Crippen LogP contribution in [0.5, 0.6) is 0 Å². The van der Waals surface area contributed by atoms with Crippen molar-refractivity contribution in [1.82, 2.24) is 20.2 Å². The van der Waals surface area contributed by atoms with Gasteiger partial charge in [0.2, 0.25) is 10.0 Å². The molecule has 1 rings (SSSR count). The second kappa shape index (κ2) is 8.47. The first-order chi connectivity index (χ1) is 9.88. The van der Waals surface area contributed by atoms with Crippen molar-refractivity contribution in [3.05, 3.63) is 11.4 Å². The van der Waals surface area contributed by atoms with Crippen molar-refractivity contribution in [2.24, 2.45) is 5.92 Å². The molecule has 0 aromatic carbocycles. The molecule has 1 heterocycles. The zero-order valence-corrected chi connectivity index (χ0v) is 14.0. The maximum atomic E-state index is 12.3. The Morgan fingerprint density at radius 2 is 2.10 bits per heavy atom. The second-order valence-corrected chi connectivity index (χ2v) is 6.98. The van der Waals surface area contributed by atoms with Crippen molar-refractivity contribution in [2.75, 3.05) is 26.3 Å². The summed E-state index contributed by atoms with van der Waals surface area (Å²) in [5.41, 5.74) is 1.04. The highest BCUT2D eigenvalue weighted by Gasteiger charge is 2.23. The molecule has 0 bridgehead atoms. The SMILES string of the molecule is CCNCc1n[nH]c(C)c1S(=O)(=O)NCCOCC(C)C. The van der Waals surface area contributed by atoms with E-state index in [4.69, 9.17) is 4.74 Å². The quantitative estimate of drug-likeness (QED) is 0.554. The van der Waals surface area contributed by atoms with Crippen LogP contribution in [0.2, 0.25) is 0 Å². The highest BCUT2D eigenvalue weighted by molar-refractivity contribution is 7.89. The minimum absolute atomic E-state index is 0.229. The normalized spacial score (nSPS) is 12.2. The number of aromatic amines is 1. The number of hydrogen-bond acceptors (Lipinski definition) is 5. The van der Waals surface area contributed by atoms with E-state index in [0.717, 1.165) is 6.54 Å². The molecule has 0 atom stereocenters. The molecule has 8 heteroatoms. The second-order valence-electron chi connectivity index (χ2n) is 5.27. The lowest BCUT2D eigenvalue weighted by molar-refractivity contribution is 0.114. The first-order valence-electron chi connectivity index (χ1n) is 7.20. The molecule has 0 aliphatic heterocycles. The topological polar surface area (TPSA) is 96.1 Å². The van der Waals surface area contributed by atoms with E-state index in [1.165, 1.54) is 0 Å². The number of sulfonamides is 1. The fraction of sp³-hybridized carbons (Fsp3) is 0.769. The Morgan fingerprint density at radius 3 is 2.71 bits per heavy atom. The summed E-state index contributed by atoms with van der Waals surface area (Å²) in [6.07, 6.45) is 0. The molecule has 122 valence electrons. The van der Waals surface area contributed by atoms with Gasteiger partial charge < -0.3 is 10.1 Å². The van der Waals surface area contributed by atoms with Crippen molar-refractivity contribution >= 4 is 10.0 Å². The van der Waals surface area contributed by atoms with Crippen LogP contribution in [-0.4, -0.2) is 44.9 Å². The number of H-pyrrole nitrogens is 1. The van der Waals surface area contributed by atoms with Gasteiger partial charge in [0.1, 0.15) is 4.90 Å². The lowest BCUT2D eigenvalue weighted by Gasteiger charge is -2.10. The number of aromatic nitrogens is 2. The predicted molar refractivity (Wildman–Crippen MR) is 81.6 cm³/mol. The number of rotatable bonds is 10. The van der Waals surface area contributed by atoms with Crippen LogP contribution in [0, 0.1) is 12.8 Å². The highest BCUT2D eigenvalue weighted by Crippen LogP contribution is 2.17. The Labute approximate surface area is 126 Å². The largest absolute Gasteiger partial charge is 0.380 e. The van der Waals surface area contributed by atoms with E-state index >= 15 is 0 Å². The van der Waals surface area contributed by atoms with Gasteiger partial charge in [-0.05, 0) is 19.4 Å². The first kappa shape index (κ1) is 18.1. The van der Waals surface area contributed by atoms with Crippen LogP contribution >= 0.6 is 0 Å². The molecule has 0 amide bonds. The summed E-state index contributed by atoms with van der Waals surface area (Å²) in [5.74, 6) is 0.435. The van der Waals surface area contributed by atoms with Crippen LogP contribution in [0.1, 0.15) is 32.2 Å². The maximum Gasteiger partial charge on any atom is 0.244 e. The van der Waals surface area contributed by atoms with Crippen LogP contribution in [0.3, 0.4) is 0 Å². The zero-order chi connectivity index (χ0) is 15.9. The van der Waals surface area contributed by atoms with E-state index in [9.17, 15) is 8.42 Å². The Hall–Kier alpha value is -0.960. The van der Waals surface area contributed by atoms with Gasteiger partial charge in [-0.2, -0.15) is 5.10 Å². The van der Waals surface area contributed by atoms with E-state index in [-0.39, 0.29) is 11.4 Å². The molecule has 3 N–H and O–H groups in total. The van der Waals surface area contributed by atoms with Gasteiger partial charge in [-0.15, -0.1) is 0 Å². The van der Waals surface area contributed by atoms with E-state index in [1.807, 2.05) is 20.8 Å². The lowest BCUT2D eigenvalue weighted by atomic mass is 10.2. The standard InChI is InChI=1S/C13H26N4O3S/c1-5-14-8-12-13(11(4)16-17-12)21(18,19)15-6-7-20-9-10(2)3/h10,14-15H,5-9H2,1-4H3,(H,16,17). The summed E-state index contributed by atoms with van der Waals surface area (Å²) in [6, 6.07) is 0. The van der Waals surface area contributed by atoms with Crippen LogP contribution < -0.4 is 10.0 Å². The number of aryl methyl sites for hydroxylation is 1. The van der Waals surface area contributed by atoms with Crippen molar-refractivity contribution < 1.29 is 13.2 Å². The van der Waals surface area contributed by atoms with Crippen LogP contribution in [-0.2, 0) is 21.3 Å². The number of hydrogen-bond donors (Lipinski definition) is 3. The fourth-order valence-electron chi connectivity index (χ4n) is 1.83. The number of nitrogens with one attached hydrogen (secondary N) is 3. The Kier molecular flexibility index (Phi) is 7.30. The van der Waals surface area contributed by atoms with Gasteiger partial charge in [0, 0.05) is 19.7 Å². The minimum Gasteiger partial charge on any atom is -0.380 e. The third-order valence-corrected chi connectivity index (χ3v) is 4.43. The number of nitrogens with zero attached hydrogens (tertiary/aromatic N) is 1. The lowest BCUT2D eigenvalue weighted by Crippen LogP contribution is -2.29. The van der Waals surface area contributed by atoms with Gasteiger partial charge in [-0.3, -0.25) is 5.10 Å². The van der Waals surface area contributed by atoms with Crippen molar-refractivity contribution in [1.29, 1.82) is 0 Å². The molecule has 0 fully saturated rings. The molecular formula is C13H26N4O3S. The summed E-state index contributed by atoms with van der Waals surface area (Å²) in [4.78, 5) is 0.229. The Bertz CT molecular complexity index is 526. The van der Waals surface area contributed by atoms with Gasteiger partial charge in [0.25, 0.3) is 0 Å². The highest BCUT2D eigenvalue weighted by atomic mass is 32.2. The molecule has 0 aliphatic carbocycles. The van der Waals surface area contributed by atoms with Crippen molar-refractivity contribution in [3.63, 3.8) is 0 Å². The van der Waals surface area contributed by atoms with E-state index in [2.05, 4.69) is 20.2 Å². The summed E-state index contributed by atoms with van der Waals surface area (Å²) < 4.78 is 32.6. The molecule has 0 unspecified atom stereocenters. The predicted octanol–water partition coefficient (Wildman–Crippen LogP) is 0.779. The summed E-state index contributed by atoms with van der Waals surface area (Å²) in [7, 11) is -3.57. The van der Waals surface area contributed by atoms with E-state index in [1.54, 1.807) is 6.92 Å². The van der Waals surface area contributed by atoms with Gasteiger partial charge in [0.05, 0.1) is 18.0 Å². The molecule has 21 heavy (non-hydrogen) atoms. The van der Waals surface area contributed by atoms with Crippen LogP contribution in [0.15, 0.2) is 4.90 Å². The molecule has 7 nitrogen and oxygen atoms in total. The zero-order valence-electron chi connectivity index (χ0n) is 13.2. The average Bonchev–Trinajstić information content (AvgIpc) is 2.77. The van der Waals surface area contributed by atoms with Gasteiger partial charge in [0.15, 0.2) is 0 Å². The van der Waals surface area contributed by atoms with Gasteiger partial charge in [-0.25, -0.2) is 13.1 Å². The van der Waals surface area contributed by atoms with Crippen LogP contribution in [0.25, 0.3) is 0 Å². The minimum atomic E-state index is -3.57. The molecule has 0 aliphatic rings. The Balaban J connectivity index is 2.63. The van der Waals surface area contributed by atoms with E-state index < -0.39 is 10.0 Å². The summed E-state index contributed by atoms with van der Waals surface area (Å²) >= 11 is 0. The molecule has 0 saturated carbocycles. The molecule has 0 saturated heterocycles. The summed E-state index contributed by atoms with van der Waals surface area (Å²) in [5, 5.41) is 9.86.